The lowest BCUT2D eigenvalue weighted by Crippen LogP contribution is -2.46. The van der Waals surface area contributed by atoms with E-state index in [1.807, 2.05) is 47.4 Å². The van der Waals surface area contributed by atoms with Gasteiger partial charge in [0.25, 0.3) is 11.8 Å². The lowest BCUT2D eigenvalue weighted by atomic mass is 9.93. The molecule has 0 aromatic heterocycles. The van der Waals surface area contributed by atoms with Crippen LogP contribution in [0, 0.1) is 0 Å². The molecule has 1 saturated heterocycles. The summed E-state index contributed by atoms with van der Waals surface area (Å²) in [6.07, 6.45) is 0.608. The van der Waals surface area contributed by atoms with Crippen LogP contribution in [0.15, 0.2) is 58.8 Å². The van der Waals surface area contributed by atoms with E-state index in [1.165, 1.54) is 0 Å². The summed E-state index contributed by atoms with van der Waals surface area (Å²) in [5.74, 6) is -0.228. The van der Waals surface area contributed by atoms with Crippen molar-refractivity contribution in [2.24, 2.45) is 10.2 Å². The molecule has 2 aliphatic rings. The highest BCUT2D eigenvalue weighted by Crippen LogP contribution is 2.30. The number of carbonyl (C=O) groups is 2. The average molecular weight is 348 g/mol. The molecule has 0 aliphatic carbocycles. The Kier molecular flexibility index (Phi) is 4.58. The smallest absolute Gasteiger partial charge is 0.295 e. The van der Waals surface area contributed by atoms with Gasteiger partial charge in [-0.15, -0.1) is 5.11 Å². The maximum atomic E-state index is 12.7. The van der Waals surface area contributed by atoms with Crippen molar-refractivity contribution >= 4 is 11.8 Å². The fourth-order valence-electron chi connectivity index (χ4n) is 3.48. The molecule has 2 heterocycles. The van der Waals surface area contributed by atoms with Crippen LogP contribution in [0.3, 0.4) is 0 Å². The van der Waals surface area contributed by atoms with E-state index < -0.39 is 0 Å². The number of fused-ring (bicyclic) bond motifs is 1. The fourth-order valence-corrected chi connectivity index (χ4v) is 3.48. The van der Waals surface area contributed by atoms with Gasteiger partial charge in [0.15, 0.2) is 0 Å². The third-order valence-corrected chi connectivity index (χ3v) is 4.85. The van der Waals surface area contributed by atoms with Crippen LogP contribution in [0.4, 0.5) is 0 Å². The standard InChI is InChI=1S/C20H20N4O2/c25-19-17-7-2-1-6-16(17)18(22-23-19)13-14-4-3-5-15(12-14)20(26)24-10-8-21-9-11-24/h1-7,12,18,21H,8-11,13H2. The number of hydrogen-bond acceptors (Lipinski definition) is 4. The summed E-state index contributed by atoms with van der Waals surface area (Å²) in [5, 5.41) is 11.2. The molecule has 4 rings (SSSR count). The maximum Gasteiger partial charge on any atom is 0.295 e. The molecule has 1 atom stereocenters. The number of carbonyl (C=O) groups excluding carboxylic acids is 2. The predicted molar refractivity (Wildman–Crippen MR) is 97.3 cm³/mol. The van der Waals surface area contributed by atoms with Gasteiger partial charge in [0, 0.05) is 43.7 Å². The second-order valence-electron chi connectivity index (χ2n) is 6.57. The summed E-state index contributed by atoms with van der Waals surface area (Å²) in [6.45, 7) is 3.13. The van der Waals surface area contributed by atoms with Crippen molar-refractivity contribution in [2.45, 2.75) is 12.5 Å². The molecule has 26 heavy (non-hydrogen) atoms. The second-order valence-corrected chi connectivity index (χ2v) is 6.57. The summed E-state index contributed by atoms with van der Waals surface area (Å²) >= 11 is 0. The molecule has 6 nitrogen and oxygen atoms in total. The van der Waals surface area contributed by atoms with Crippen molar-refractivity contribution in [3.05, 3.63) is 70.8 Å². The van der Waals surface area contributed by atoms with Crippen LogP contribution in [0.2, 0.25) is 0 Å². The first-order valence-corrected chi connectivity index (χ1v) is 8.85. The van der Waals surface area contributed by atoms with Crippen molar-refractivity contribution in [3.63, 3.8) is 0 Å². The zero-order chi connectivity index (χ0) is 17.9. The Bertz CT molecular complexity index is 872. The van der Waals surface area contributed by atoms with E-state index in [9.17, 15) is 9.59 Å². The van der Waals surface area contributed by atoms with E-state index in [-0.39, 0.29) is 17.9 Å². The van der Waals surface area contributed by atoms with Crippen LogP contribution in [-0.4, -0.2) is 42.9 Å². The normalized spacial score (nSPS) is 19.3. The first kappa shape index (κ1) is 16.6. The Morgan fingerprint density at radius 1 is 1.12 bits per heavy atom. The third kappa shape index (κ3) is 3.28. The minimum absolute atomic E-state index is 0.0641. The first-order chi connectivity index (χ1) is 12.7. The highest BCUT2D eigenvalue weighted by molar-refractivity contribution is 5.97. The predicted octanol–water partition coefficient (Wildman–Crippen LogP) is 2.62. The van der Waals surface area contributed by atoms with Gasteiger partial charge in [-0.2, -0.15) is 5.11 Å². The van der Waals surface area contributed by atoms with Gasteiger partial charge in [0.1, 0.15) is 6.04 Å². The number of azo groups is 1. The molecule has 6 heteroatoms. The third-order valence-electron chi connectivity index (χ3n) is 4.85. The van der Waals surface area contributed by atoms with Crippen molar-refractivity contribution in [3.8, 4) is 0 Å². The highest BCUT2D eigenvalue weighted by atomic mass is 16.2. The van der Waals surface area contributed by atoms with E-state index in [4.69, 9.17) is 0 Å². The molecular weight excluding hydrogens is 328 g/mol. The molecule has 0 bridgehead atoms. The fraction of sp³-hybridized carbons (Fsp3) is 0.300. The number of nitrogens with zero attached hydrogens (tertiary/aromatic N) is 3. The summed E-state index contributed by atoms with van der Waals surface area (Å²) < 4.78 is 0. The SMILES string of the molecule is O=C1N=NC(Cc2cccc(C(=O)N3CCNCC3)c2)c2ccccc21. The highest BCUT2D eigenvalue weighted by Gasteiger charge is 2.24. The lowest BCUT2D eigenvalue weighted by molar-refractivity contribution is 0.0735. The summed E-state index contributed by atoms with van der Waals surface area (Å²) in [6, 6.07) is 14.9. The topological polar surface area (TPSA) is 74.1 Å². The quantitative estimate of drug-likeness (QED) is 0.926. The van der Waals surface area contributed by atoms with Gasteiger partial charge in [0.05, 0.1) is 0 Å². The molecular formula is C20H20N4O2. The molecule has 132 valence electrons. The number of nitrogens with one attached hydrogen (secondary N) is 1. The molecule has 1 N–H and O–H groups in total. The Hall–Kier alpha value is -2.86. The zero-order valence-corrected chi connectivity index (χ0v) is 14.4. The Balaban J connectivity index is 1.55. The minimum Gasteiger partial charge on any atom is -0.336 e. The van der Waals surface area contributed by atoms with Crippen molar-refractivity contribution < 1.29 is 9.59 Å². The molecule has 0 spiro atoms. The average Bonchev–Trinajstić information content (AvgIpc) is 2.71. The maximum absolute atomic E-state index is 12.7. The molecule has 1 unspecified atom stereocenters. The molecule has 2 aromatic carbocycles. The molecule has 0 radical (unpaired) electrons. The van der Waals surface area contributed by atoms with Crippen LogP contribution in [0.25, 0.3) is 0 Å². The Labute approximate surface area is 151 Å². The molecule has 1 fully saturated rings. The Morgan fingerprint density at radius 3 is 2.77 bits per heavy atom. The molecule has 2 amide bonds. The van der Waals surface area contributed by atoms with Crippen LogP contribution in [0.5, 0.6) is 0 Å². The molecule has 2 aromatic rings. The van der Waals surface area contributed by atoms with E-state index in [2.05, 4.69) is 15.5 Å². The minimum atomic E-state index is -0.292. The van der Waals surface area contributed by atoms with Gasteiger partial charge >= 0.3 is 0 Å². The van der Waals surface area contributed by atoms with Gasteiger partial charge in [-0.1, -0.05) is 30.3 Å². The Morgan fingerprint density at radius 2 is 1.92 bits per heavy atom. The second kappa shape index (κ2) is 7.17. The van der Waals surface area contributed by atoms with Crippen LogP contribution in [0.1, 0.15) is 37.9 Å². The summed E-state index contributed by atoms with van der Waals surface area (Å²) in [7, 11) is 0. The first-order valence-electron chi connectivity index (χ1n) is 8.85. The van der Waals surface area contributed by atoms with Gasteiger partial charge < -0.3 is 10.2 Å². The van der Waals surface area contributed by atoms with Gasteiger partial charge in [-0.05, 0) is 29.3 Å². The van der Waals surface area contributed by atoms with Crippen LogP contribution >= 0.6 is 0 Å². The largest absolute Gasteiger partial charge is 0.336 e. The van der Waals surface area contributed by atoms with Crippen LogP contribution < -0.4 is 5.32 Å². The van der Waals surface area contributed by atoms with E-state index in [0.29, 0.717) is 17.5 Å². The van der Waals surface area contributed by atoms with Crippen molar-refractivity contribution in [1.29, 1.82) is 0 Å². The zero-order valence-electron chi connectivity index (χ0n) is 14.4. The summed E-state index contributed by atoms with van der Waals surface area (Å²) in [4.78, 5) is 26.5. The summed E-state index contributed by atoms with van der Waals surface area (Å²) in [5.41, 5.74) is 3.22. The van der Waals surface area contributed by atoms with E-state index in [0.717, 1.165) is 37.3 Å². The monoisotopic (exact) mass is 348 g/mol. The lowest BCUT2D eigenvalue weighted by Gasteiger charge is -2.27. The number of rotatable bonds is 3. The number of benzene rings is 2. The molecule has 2 aliphatic heterocycles. The number of piperazine rings is 1. The van der Waals surface area contributed by atoms with Crippen molar-refractivity contribution in [1.82, 2.24) is 10.2 Å². The molecule has 0 saturated carbocycles. The van der Waals surface area contributed by atoms with E-state index >= 15 is 0 Å². The van der Waals surface area contributed by atoms with Gasteiger partial charge in [0.2, 0.25) is 0 Å². The van der Waals surface area contributed by atoms with Gasteiger partial charge in [-0.3, -0.25) is 9.59 Å². The van der Waals surface area contributed by atoms with Crippen molar-refractivity contribution in [2.75, 3.05) is 26.2 Å². The van der Waals surface area contributed by atoms with Gasteiger partial charge in [-0.25, -0.2) is 0 Å². The number of hydrogen-bond donors (Lipinski definition) is 1. The number of amides is 2. The van der Waals surface area contributed by atoms with Crippen LogP contribution in [-0.2, 0) is 6.42 Å². The van der Waals surface area contributed by atoms with E-state index in [1.54, 1.807) is 6.07 Å².